The fourth-order valence-corrected chi connectivity index (χ4v) is 2.22. The highest BCUT2D eigenvalue weighted by atomic mass is 16.5. The minimum atomic E-state index is 0.0732. The number of benzene rings is 1. The molecule has 2 atom stereocenters. The topological polar surface area (TPSA) is 39.7 Å². The lowest BCUT2D eigenvalue weighted by atomic mass is 9.99. The van der Waals surface area contributed by atoms with Crippen LogP contribution in [0.1, 0.15) is 17.2 Å². The van der Waals surface area contributed by atoms with Gasteiger partial charge in [-0.25, -0.2) is 0 Å². The molecular formula is C14H21NO3. The smallest absolute Gasteiger partial charge is 0.0928 e. The van der Waals surface area contributed by atoms with E-state index in [2.05, 4.69) is 23.5 Å². The van der Waals surface area contributed by atoms with Crippen LogP contribution in [-0.2, 0) is 20.8 Å². The molecule has 0 radical (unpaired) electrons. The van der Waals surface area contributed by atoms with E-state index >= 15 is 0 Å². The van der Waals surface area contributed by atoms with Crippen molar-refractivity contribution in [3.63, 3.8) is 0 Å². The molecule has 1 aromatic carbocycles. The first-order valence-electron chi connectivity index (χ1n) is 6.25. The van der Waals surface area contributed by atoms with Crippen LogP contribution >= 0.6 is 0 Å². The molecule has 1 N–H and O–H groups in total. The van der Waals surface area contributed by atoms with Gasteiger partial charge in [0, 0.05) is 20.8 Å². The molecule has 0 bridgehead atoms. The molecule has 0 spiro atoms. The van der Waals surface area contributed by atoms with Crippen molar-refractivity contribution < 1.29 is 14.2 Å². The summed E-state index contributed by atoms with van der Waals surface area (Å²) in [4.78, 5) is 0. The second-order valence-corrected chi connectivity index (χ2v) is 4.49. The predicted octanol–water partition coefficient (Wildman–Crippen LogP) is 1.51. The van der Waals surface area contributed by atoms with Gasteiger partial charge in [-0.15, -0.1) is 0 Å². The van der Waals surface area contributed by atoms with Gasteiger partial charge in [-0.3, -0.25) is 0 Å². The lowest BCUT2D eigenvalue weighted by Crippen LogP contribution is -2.37. The van der Waals surface area contributed by atoms with Crippen molar-refractivity contribution in [3.8, 4) is 0 Å². The van der Waals surface area contributed by atoms with Gasteiger partial charge in [0.05, 0.1) is 32.0 Å². The maximum Gasteiger partial charge on any atom is 0.0928 e. The molecule has 0 aromatic heterocycles. The summed E-state index contributed by atoms with van der Waals surface area (Å²) < 4.78 is 16.0. The number of rotatable bonds is 6. The van der Waals surface area contributed by atoms with Crippen LogP contribution in [0.25, 0.3) is 0 Å². The molecule has 1 heterocycles. The highest BCUT2D eigenvalue weighted by Crippen LogP contribution is 2.24. The predicted molar refractivity (Wildman–Crippen MR) is 69.5 cm³/mol. The first-order valence-corrected chi connectivity index (χ1v) is 6.25. The fourth-order valence-electron chi connectivity index (χ4n) is 2.22. The van der Waals surface area contributed by atoms with Crippen LogP contribution in [-0.4, -0.2) is 40.1 Å². The molecule has 4 nitrogen and oxygen atoms in total. The Balaban J connectivity index is 1.94. The molecule has 0 saturated carbocycles. The number of hydrogen-bond donors (Lipinski definition) is 1. The molecule has 1 aliphatic rings. The van der Waals surface area contributed by atoms with E-state index in [1.54, 1.807) is 14.2 Å². The van der Waals surface area contributed by atoms with E-state index in [-0.39, 0.29) is 12.1 Å². The Kier molecular flexibility index (Phi) is 5.13. The highest BCUT2D eigenvalue weighted by molar-refractivity contribution is 5.31. The van der Waals surface area contributed by atoms with Crippen molar-refractivity contribution in [2.24, 2.45) is 0 Å². The van der Waals surface area contributed by atoms with E-state index in [9.17, 15) is 0 Å². The molecule has 18 heavy (non-hydrogen) atoms. The quantitative estimate of drug-likeness (QED) is 0.832. The van der Waals surface area contributed by atoms with Crippen molar-refractivity contribution in [3.05, 3.63) is 35.4 Å². The van der Waals surface area contributed by atoms with E-state index in [4.69, 9.17) is 14.2 Å². The molecular weight excluding hydrogens is 230 g/mol. The molecule has 100 valence electrons. The van der Waals surface area contributed by atoms with Crippen molar-refractivity contribution in [1.29, 1.82) is 0 Å². The first kappa shape index (κ1) is 13.5. The van der Waals surface area contributed by atoms with Crippen molar-refractivity contribution in [1.82, 2.24) is 5.32 Å². The average molecular weight is 251 g/mol. The van der Waals surface area contributed by atoms with Crippen molar-refractivity contribution in [2.75, 3.05) is 34.0 Å². The summed E-state index contributed by atoms with van der Waals surface area (Å²) in [7, 11) is 3.39. The Morgan fingerprint density at radius 1 is 1.39 bits per heavy atom. The van der Waals surface area contributed by atoms with Crippen LogP contribution in [0, 0.1) is 0 Å². The van der Waals surface area contributed by atoms with Gasteiger partial charge in [0.2, 0.25) is 0 Å². The van der Waals surface area contributed by atoms with Gasteiger partial charge in [0.1, 0.15) is 0 Å². The number of ether oxygens (including phenoxy) is 3. The van der Waals surface area contributed by atoms with E-state index in [0.717, 1.165) is 6.54 Å². The van der Waals surface area contributed by atoms with Crippen LogP contribution in [0.4, 0.5) is 0 Å². The zero-order valence-electron chi connectivity index (χ0n) is 11.0. The molecule has 1 aliphatic heterocycles. The second-order valence-electron chi connectivity index (χ2n) is 4.49. The molecule has 4 heteroatoms. The lowest BCUT2D eigenvalue weighted by Gasteiger charge is -2.28. The van der Waals surface area contributed by atoms with Crippen molar-refractivity contribution >= 4 is 0 Å². The molecule has 1 aromatic rings. The third kappa shape index (κ3) is 3.29. The maximum atomic E-state index is 5.60. The fraction of sp³-hybridized carbons (Fsp3) is 0.571. The Morgan fingerprint density at radius 3 is 3.00 bits per heavy atom. The normalized spacial score (nSPS) is 20.4. The summed E-state index contributed by atoms with van der Waals surface area (Å²) in [6.07, 6.45) is 0.0732. The van der Waals surface area contributed by atoms with Gasteiger partial charge >= 0.3 is 0 Å². The number of fused-ring (bicyclic) bond motifs is 1. The van der Waals surface area contributed by atoms with E-state index in [1.165, 1.54) is 11.1 Å². The third-order valence-electron chi connectivity index (χ3n) is 3.25. The Hall–Kier alpha value is -0.940. The lowest BCUT2D eigenvalue weighted by molar-refractivity contribution is 0.0212. The largest absolute Gasteiger partial charge is 0.382 e. The number of hydrogen-bond acceptors (Lipinski definition) is 4. The van der Waals surface area contributed by atoms with Crippen LogP contribution in [0.2, 0.25) is 0 Å². The van der Waals surface area contributed by atoms with Gasteiger partial charge < -0.3 is 19.5 Å². The number of methoxy groups -OCH3 is 2. The Bertz CT molecular complexity index is 370. The van der Waals surface area contributed by atoms with E-state index < -0.39 is 0 Å². The van der Waals surface area contributed by atoms with Gasteiger partial charge in [-0.1, -0.05) is 24.3 Å². The monoisotopic (exact) mass is 251 g/mol. The zero-order chi connectivity index (χ0) is 12.8. The van der Waals surface area contributed by atoms with Gasteiger partial charge in [-0.2, -0.15) is 0 Å². The molecule has 0 aliphatic carbocycles. The summed E-state index contributed by atoms with van der Waals surface area (Å²) in [5.74, 6) is 0. The van der Waals surface area contributed by atoms with Crippen LogP contribution < -0.4 is 5.32 Å². The van der Waals surface area contributed by atoms with Gasteiger partial charge in [0.25, 0.3) is 0 Å². The minimum Gasteiger partial charge on any atom is -0.382 e. The maximum absolute atomic E-state index is 5.60. The standard InChI is InChI=1S/C14H21NO3/c1-16-9-12(17-2)7-15-14-10-18-8-11-5-3-4-6-13(11)14/h3-6,12,14-15H,7-10H2,1-2H3. The van der Waals surface area contributed by atoms with Crippen molar-refractivity contribution in [2.45, 2.75) is 18.8 Å². The summed E-state index contributed by atoms with van der Waals surface area (Å²) in [6, 6.07) is 8.64. The van der Waals surface area contributed by atoms with Crippen LogP contribution in [0.3, 0.4) is 0 Å². The molecule has 2 unspecified atom stereocenters. The molecule has 0 amide bonds. The highest BCUT2D eigenvalue weighted by Gasteiger charge is 2.20. The molecule has 2 rings (SSSR count). The minimum absolute atomic E-state index is 0.0732. The molecule has 0 saturated heterocycles. The zero-order valence-corrected chi connectivity index (χ0v) is 11.0. The Morgan fingerprint density at radius 2 is 2.22 bits per heavy atom. The van der Waals surface area contributed by atoms with Crippen LogP contribution in [0.5, 0.6) is 0 Å². The Labute approximate surface area is 108 Å². The summed E-state index contributed by atoms with van der Waals surface area (Å²) in [6.45, 7) is 2.77. The first-order chi connectivity index (χ1) is 8.85. The molecule has 0 fully saturated rings. The number of nitrogens with one attached hydrogen (secondary N) is 1. The van der Waals surface area contributed by atoms with Crippen LogP contribution in [0.15, 0.2) is 24.3 Å². The summed E-state index contributed by atoms with van der Waals surface area (Å²) in [5.41, 5.74) is 2.60. The van der Waals surface area contributed by atoms with Gasteiger partial charge in [0.15, 0.2) is 0 Å². The second kappa shape index (κ2) is 6.85. The van der Waals surface area contributed by atoms with Gasteiger partial charge in [-0.05, 0) is 11.1 Å². The average Bonchev–Trinajstić information content (AvgIpc) is 2.43. The van der Waals surface area contributed by atoms with E-state index in [1.807, 2.05) is 6.07 Å². The third-order valence-corrected chi connectivity index (χ3v) is 3.25. The summed E-state index contributed by atoms with van der Waals surface area (Å²) >= 11 is 0. The summed E-state index contributed by atoms with van der Waals surface area (Å²) in [5, 5.41) is 3.48. The van der Waals surface area contributed by atoms with E-state index in [0.29, 0.717) is 19.8 Å². The SMILES string of the molecule is COCC(CNC1COCc2ccccc21)OC.